The second-order valence-electron chi connectivity index (χ2n) is 4.92. The maximum atomic E-state index is 10.8. The topological polar surface area (TPSA) is 37.3 Å². The van der Waals surface area contributed by atoms with Crippen molar-refractivity contribution in [2.75, 3.05) is 0 Å². The zero-order chi connectivity index (χ0) is 12.3. The molecule has 0 saturated carbocycles. The van der Waals surface area contributed by atoms with E-state index in [0.717, 1.165) is 12.0 Å². The molecule has 0 radical (unpaired) electrons. The average molecular weight is 220 g/mol. The molecule has 0 bridgehead atoms. The van der Waals surface area contributed by atoms with Crippen LogP contribution in [0.3, 0.4) is 0 Å². The van der Waals surface area contributed by atoms with Crippen LogP contribution >= 0.6 is 0 Å². The first-order chi connectivity index (χ1) is 7.38. The minimum atomic E-state index is -0.775. The van der Waals surface area contributed by atoms with Gasteiger partial charge in [-0.2, -0.15) is 0 Å². The molecule has 0 fully saturated rings. The molecule has 1 rings (SSSR count). The Kier molecular flexibility index (Phi) is 3.74. The van der Waals surface area contributed by atoms with Crippen molar-refractivity contribution < 1.29 is 9.90 Å². The van der Waals surface area contributed by atoms with Crippen molar-refractivity contribution in [3.05, 3.63) is 35.4 Å². The molecule has 1 aromatic rings. The van der Waals surface area contributed by atoms with Crippen LogP contribution in [0.2, 0.25) is 0 Å². The van der Waals surface area contributed by atoms with Gasteiger partial charge in [0.25, 0.3) is 0 Å². The predicted molar refractivity (Wildman–Crippen MR) is 65.8 cm³/mol. The minimum Gasteiger partial charge on any atom is -0.481 e. The van der Waals surface area contributed by atoms with E-state index in [1.165, 1.54) is 5.56 Å². The lowest BCUT2D eigenvalue weighted by Crippen LogP contribution is -2.15. The van der Waals surface area contributed by atoms with Crippen molar-refractivity contribution >= 4 is 5.97 Å². The zero-order valence-corrected chi connectivity index (χ0v) is 10.4. The van der Waals surface area contributed by atoms with Gasteiger partial charge in [0.2, 0.25) is 0 Å². The van der Waals surface area contributed by atoms with Crippen LogP contribution < -0.4 is 0 Å². The van der Waals surface area contributed by atoms with Gasteiger partial charge in [0.05, 0.1) is 5.92 Å². The van der Waals surface area contributed by atoms with Crippen molar-refractivity contribution in [1.29, 1.82) is 0 Å². The van der Waals surface area contributed by atoms with E-state index in [2.05, 4.69) is 20.8 Å². The standard InChI is InChI=1S/C14H20O2/c1-5-14(3,4)12-8-6-11(7-9-12)10(2)13(15)16/h6-10H,5H2,1-4H3,(H,15,16). The van der Waals surface area contributed by atoms with Gasteiger partial charge in [-0.25, -0.2) is 0 Å². The van der Waals surface area contributed by atoms with Crippen molar-refractivity contribution in [1.82, 2.24) is 0 Å². The molecule has 0 aliphatic heterocycles. The minimum absolute atomic E-state index is 0.158. The van der Waals surface area contributed by atoms with E-state index in [9.17, 15) is 4.79 Å². The summed E-state index contributed by atoms with van der Waals surface area (Å²) in [6, 6.07) is 7.92. The van der Waals surface area contributed by atoms with Gasteiger partial charge >= 0.3 is 5.97 Å². The number of aliphatic carboxylic acids is 1. The molecule has 0 aliphatic carbocycles. The van der Waals surface area contributed by atoms with Gasteiger partial charge in [0.1, 0.15) is 0 Å². The Morgan fingerprint density at radius 2 is 1.81 bits per heavy atom. The summed E-state index contributed by atoms with van der Waals surface area (Å²) in [4.78, 5) is 10.8. The maximum Gasteiger partial charge on any atom is 0.310 e. The normalized spacial score (nSPS) is 13.5. The molecule has 0 amide bonds. The second-order valence-corrected chi connectivity index (χ2v) is 4.92. The first-order valence-corrected chi connectivity index (χ1v) is 5.71. The molecule has 2 heteroatoms. The summed E-state index contributed by atoms with van der Waals surface area (Å²) in [7, 11) is 0. The first-order valence-electron chi connectivity index (χ1n) is 5.71. The quantitative estimate of drug-likeness (QED) is 0.842. The smallest absolute Gasteiger partial charge is 0.310 e. The predicted octanol–water partition coefficient (Wildman–Crippen LogP) is 3.56. The van der Waals surface area contributed by atoms with Crippen LogP contribution in [0.15, 0.2) is 24.3 Å². The molecule has 88 valence electrons. The van der Waals surface area contributed by atoms with Gasteiger partial charge in [-0.3, -0.25) is 4.79 Å². The summed E-state index contributed by atoms with van der Waals surface area (Å²) in [6.45, 7) is 8.27. The highest BCUT2D eigenvalue weighted by Crippen LogP contribution is 2.27. The maximum absolute atomic E-state index is 10.8. The third-order valence-corrected chi connectivity index (χ3v) is 3.45. The van der Waals surface area contributed by atoms with Crippen molar-refractivity contribution in [3.63, 3.8) is 0 Å². The van der Waals surface area contributed by atoms with Crippen LogP contribution in [-0.2, 0) is 10.2 Å². The molecule has 1 unspecified atom stereocenters. The summed E-state index contributed by atoms with van der Waals surface area (Å²) in [6.07, 6.45) is 1.07. The van der Waals surface area contributed by atoms with Crippen molar-refractivity contribution in [2.24, 2.45) is 0 Å². The fourth-order valence-electron chi connectivity index (χ4n) is 1.57. The van der Waals surface area contributed by atoms with Crippen LogP contribution in [-0.4, -0.2) is 11.1 Å². The lowest BCUT2D eigenvalue weighted by molar-refractivity contribution is -0.138. The summed E-state index contributed by atoms with van der Waals surface area (Å²) < 4.78 is 0. The highest BCUT2D eigenvalue weighted by molar-refractivity contribution is 5.75. The molecule has 16 heavy (non-hydrogen) atoms. The van der Waals surface area contributed by atoms with Gasteiger partial charge in [0, 0.05) is 0 Å². The van der Waals surface area contributed by atoms with E-state index in [1.54, 1.807) is 6.92 Å². The van der Waals surface area contributed by atoms with Crippen molar-refractivity contribution in [3.8, 4) is 0 Å². The average Bonchev–Trinajstić information content (AvgIpc) is 2.28. The number of rotatable bonds is 4. The fraction of sp³-hybridized carbons (Fsp3) is 0.500. The molecule has 0 aliphatic rings. The fourth-order valence-corrected chi connectivity index (χ4v) is 1.57. The molecule has 0 saturated heterocycles. The summed E-state index contributed by atoms with van der Waals surface area (Å²) in [5.41, 5.74) is 2.28. The number of carbonyl (C=O) groups is 1. The molecule has 0 aromatic heterocycles. The van der Waals surface area contributed by atoms with Gasteiger partial charge in [-0.15, -0.1) is 0 Å². The molecular weight excluding hydrogens is 200 g/mol. The van der Waals surface area contributed by atoms with E-state index >= 15 is 0 Å². The largest absolute Gasteiger partial charge is 0.481 e. The Hall–Kier alpha value is -1.31. The number of hydrogen-bond donors (Lipinski definition) is 1. The Morgan fingerprint density at radius 1 is 1.31 bits per heavy atom. The van der Waals surface area contributed by atoms with Crippen LogP contribution in [0.25, 0.3) is 0 Å². The lowest BCUT2D eigenvalue weighted by atomic mass is 9.81. The van der Waals surface area contributed by atoms with Crippen LogP contribution in [0.5, 0.6) is 0 Å². The third kappa shape index (κ3) is 2.63. The number of benzene rings is 1. The third-order valence-electron chi connectivity index (χ3n) is 3.45. The summed E-state index contributed by atoms with van der Waals surface area (Å²) in [5.74, 6) is -1.21. The number of carboxylic acids is 1. The van der Waals surface area contributed by atoms with Gasteiger partial charge < -0.3 is 5.11 Å². The van der Waals surface area contributed by atoms with E-state index < -0.39 is 11.9 Å². The Labute approximate surface area is 97.3 Å². The van der Waals surface area contributed by atoms with E-state index in [1.807, 2.05) is 24.3 Å². The molecular formula is C14H20O2. The van der Waals surface area contributed by atoms with Gasteiger partial charge in [-0.05, 0) is 29.9 Å². The highest BCUT2D eigenvalue weighted by atomic mass is 16.4. The number of hydrogen-bond acceptors (Lipinski definition) is 1. The molecule has 1 atom stereocenters. The van der Waals surface area contributed by atoms with Gasteiger partial charge in [-0.1, -0.05) is 45.0 Å². The van der Waals surface area contributed by atoms with Crippen LogP contribution in [0.1, 0.15) is 51.2 Å². The van der Waals surface area contributed by atoms with Gasteiger partial charge in [0.15, 0.2) is 0 Å². The van der Waals surface area contributed by atoms with Crippen LogP contribution in [0.4, 0.5) is 0 Å². The van der Waals surface area contributed by atoms with E-state index in [-0.39, 0.29) is 5.41 Å². The molecule has 2 nitrogen and oxygen atoms in total. The Balaban J connectivity index is 2.96. The molecule has 1 N–H and O–H groups in total. The van der Waals surface area contributed by atoms with Crippen molar-refractivity contribution in [2.45, 2.75) is 45.4 Å². The first kappa shape index (κ1) is 12.8. The van der Waals surface area contributed by atoms with E-state index in [0.29, 0.717) is 0 Å². The second kappa shape index (κ2) is 4.69. The zero-order valence-electron chi connectivity index (χ0n) is 10.4. The van der Waals surface area contributed by atoms with E-state index in [4.69, 9.17) is 5.11 Å². The highest BCUT2D eigenvalue weighted by Gasteiger charge is 2.19. The SMILES string of the molecule is CCC(C)(C)c1ccc(C(C)C(=O)O)cc1. The number of carboxylic acid groups (broad SMARTS) is 1. The molecule has 0 spiro atoms. The summed E-state index contributed by atoms with van der Waals surface area (Å²) >= 11 is 0. The monoisotopic (exact) mass is 220 g/mol. The Bertz CT molecular complexity index is 363. The molecule has 0 heterocycles. The molecule has 1 aromatic carbocycles. The Morgan fingerprint density at radius 3 is 2.19 bits per heavy atom. The summed E-state index contributed by atoms with van der Waals surface area (Å²) in [5, 5.41) is 8.91. The van der Waals surface area contributed by atoms with Crippen LogP contribution in [0, 0.1) is 0 Å². The lowest BCUT2D eigenvalue weighted by Gasteiger charge is -2.23.